The van der Waals surface area contributed by atoms with E-state index in [0.29, 0.717) is 37.5 Å². The molecule has 0 radical (unpaired) electrons. The fraction of sp³-hybridized carbons (Fsp3) is 0.562. The molecule has 2 aromatic rings. The van der Waals surface area contributed by atoms with Gasteiger partial charge in [-0.1, -0.05) is 0 Å². The van der Waals surface area contributed by atoms with E-state index < -0.39 is 0 Å². The second-order valence-electron chi connectivity index (χ2n) is 6.20. The first-order valence-electron chi connectivity index (χ1n) is 7.87. The number of rotatable bonds is 3. The van der Waals surface area contributed by atoms with E-state index in [-0.39, 0.29) is 17.9 Å². The highest BCUT2D eigenvalue weighted by Gasteiger charge is 2.49. The first kappa shape index (κ1) is 14.8. The van der Waals surface area contributed by atoms with Gasteiger partial charge in [-0.2, -0.15) is 0 Å². The van der Waals surface area contributed by atoms with E-state index in [2.05, 4.69) is 28.6 Å². The zero-order valence-electron chi connectivity index (χ0n) is 13.2. The minimum atomic E-state index is -0.261. The van der Waals surface area contributed by atoms with Crippen molar-refractivity contribution in [1.82, 2.24) is 15.1 Å². The van der Waals surface area contributed by atoms with Gasteiger partial charge in [-0.05, 0) is 30.4 Å². The molecule has 1 saturated heterocycles. The zero-order chi connectivity index (χ0) is 16.0. The number of aryl methyl sites for hydroxylation is 2. The van der Waals surface area contributed by atoms with Gasteiger partial charge < -0.3 is 14.1 Å². The third-order valence-corrected chi connectivity index (χ3v) is 5.74. The number of thiophene rings is 1. The summed E-state index contributed by atoms with van der Waals surface area (Å²) < 4.78 is 11.1. The van der Waals surface area contributed by atoms with Gasteiger partial charge in [0.25, 0.3) is 0 Å². The van der Waals surface area contributed by atoms with Crippen LogP contribution in [-0.4, -0.2) is 40.8 Å². The summed E-state index contributed by atoms with van der Waals surface area (Å²) in [6.45, 7) is 5.43. The monoisotopic (exact) mass is 333 g/mol. The van der Waals surface area contributed by atoms with Crippen molar-refractivity contribution in [2.75, 3.05) is 19.8 Å². The van der Waals surface area contributed by atoms with Crippen LogP contribution >= 0.6 is 11.3 Å². The molecule has 0 N–H and O–H groups in total. The molecular formula is C16H19N3O3S. The lowest BCUT2D eigenvalue weighted by Crippen LogP contribution is -2.44. The van der Waals surface area contributed by atoms with Gasteiger partial charge in [0, 0.05) is 30.2 Å². The van der Waals surface area contributed by atoms with E-state index in [4.69, 9.17) is 9.15 Å². The van der Waals surface area contributed by atoms with E-state index in [0.717, 1.165) is 6.42 Å². The molecular weight excluding hydrogens is 314 g/mol. The molecule has 0 unspecified atom stereocenters. The Hall–Kier alpha value is -1.73. The number of morpholine rings is 1. The number of carbonyl (C=O) groups excluding carboxylic acids is 1. The second-order valence-corrected chi connectivity index (χ2v) is 7.15. The summed E-state index contributed by atoms with van der Waals surface area (Å²) in [5, 5.41) is 10.1. The Balaban J connectivity index is 1.52. The van der Waals surface area contributed by atoms with E-state index in [1.807, 2.05) is 4.90 Å². The molecule has 2 fully saturated rings. The third-order valence-electron chi connectivity index (χ3n) is 4.58. The predicted octanol–water partition coefficient (Wildman–Crippen LogP) is 2.45. The van der Waals surface area contributed by atoms with Gasteiger partial charge in [0.1, 0.15) is 6.04 Å². The Morgan fingerprint density at radius 2 is 2.26 bits per heavy atom. The number of amides is 1. The van der Waals surface area contributed by atoms with Crippen molar-refractivity contribution in [3.8, 4) is 0 Å². The largest absolute Gasteiger partial charge is 0.423 e. The molecule has 1 aliphatic heterocycles. The molecule has 2 aromatic heterocycles. The van der Waals surface area contributed by atoms with Crippen LogP contribution in [0.1, 0.15) is 40.6 Å². The molecule has 3 atom stereocenters. The Labute approximate surface area is 138 Å². The van der Waals surface area contributed by atoms with E-state index in [1.165, 1.54) is 10.4 Å². The number of nitrogens with zero attached hydrogens (tertiary/aromatic N) is 3. The Kier molecular flexibility index (Phi) is 3.69. The van der Waals surface area contributed by atoms with E-state index in [9.17, 15) is 4.79 Å². The normalized spacial score (nSPS) is 27.2. The SMILES string of the molecule is Cc1nnc([C@@H]2COCCN2C(=O)[C@H]2C[C@@H]2c2sccc2C)o1. The molecule has 6 nitrogen and oxygen atoms in total. The fourth-order valence-corrected chi connectivity index (χ4v) is 4.36. The van der Waals surface area contributed by atoms with Crippen LogP contribution in [0.15, 0.2) is 15.9 Å². The maximum absolute atomic E-state index is 13.0. The Morgan fingerprint density at radius 3 is 2.96 bits per heavy atom. The first-order valence-corrected chi connectivity index (χ1v) is 8.75. The van der Waals surface area contributed by atoms with Crippen molar-refractivity contribution in [1.29, 1.82) is 0 Å². The maximum atomic E-state index is 13.0. The summed E-state index contributed by atoms with van der Waals surface area (Å²) in [6.07, 6.45) is 0.938. The number of hydrogen-bond acceptors (Lipinski definition) is 6. The van der Waals surface area contributed by atoms with Gasteiger partial charge in [0.05, 0.1) is 13.2 Å². The summed E-state index contributed by atoms with van der Waals surface area (Å²) in [4.78, 5) is 16.2. The molecule has 0 aromatic carbocycles. The lowest BCUT2D eigenvalue weighted by atomic mass is 10.1. The fourth-order valence-electron chi connectivity index (χ4n) is 3.25. The highest BCUT2D eigenvalue weighted by atomic mass is 32.1. The van der Waals surface area contributed by atoms with Gasteiger partial charge in [-0.15, -0.1) is 21.5 Å². The molecule has 7 heteroatoms. The van der Waals surface area contributed by atoms with Gasteiger partial charge in [0.15, 0.2) is 0 Å². The van der Waals surface area contributed by atoms with Crippen LogP contribution in [0.25, 0.3) is 0 Å². The van der Waals surface area contributed by atoms with Gasteiger partial charge >= 0.3 is 0 Å². The quantitative estimate of drug-likeness (QED) is 0.863. The van der Waals surface area contributed by atoms with E-state index >= 15 is 0 Å². The molecule has 0 spiro atoms. The van der Waals surface area contributed by atoms with Crippen LogP contribution in [0.4, 0.5) is 0 Å². The minimum Gasteiger partial charge on any atom is -0.423 e. The zero-order valence-corrected chi connectivity index (χ0v) is 14.0. The maximum Gasteiger partial charge on any atom is 0.241 e. The molecule has 1 amide bonds. The third kappa shape index (κ3) is 2.68. The summed E-state index contributed by atoms with van der Waals surface area (Å²) >= 11 is 1.75. The Morgan fingerprint density at radius 1 is 1.39 bits per heavy atom. The average molecular weight is 333 g/mol. The van der Waals surface area contributed by atoms with Crippen molar-refractivity contribution >= 4 is 17.2 Å². The van der Waals surface area contributed by atoms with Crippen molar-refractivity contribution in [2.24, 2.45) is 5.92 Å². The summed E-state index contributed by atoms with van der Waals surface area (Å²) in [5.74, 6) is 1.62. The average Bonchev–Trinajstić information content (AvgIpc) is 3.04. The van der Waals surface area contributed by atoms with Gasteiger partial charge in [-0.25, -0.2) is 0 Å². The number of aromatic nitrogens is 2. The van der Waals surface area contributed by atoms with Gasteiger partial charge in [-0.3, -0.25) is 4.79 Å². The first-order chi connectivity index (χ1) is 11.1. The Bertz CT molecular complexity index is 726. The predicted molar refractivity (Wildman–Crippen MR) is 84.2 cm³/mol. The minimum absolute atomic E-state index is 0.0805. The van der Waals surface area contributed by atoms with Gasteiger partial charge in [0.2, 0.25) is 17.7 Å². The van der Waals surface area contributed by atoms with Crippen molar-refractivity contribution in [3.05, 3.63) is 33.7 Å². The summed E-state index contributed by atoms with van der Waals surface area (Å²) in [6, 6.07) is 1.86. The number of carbonyl (C=O) groups is 1. The van der Waals surface area contributed by atoms with Crippen molar-refractivity contribution in [2.45, 2.75) is 32.2 Å². The van der Waals surface area contributed by atoms with Crippen LogP contribution in [-0.2, 0) is 9.53 Å². The highest BCUT2D eigenvalue weighted by Crippen LogP contribution is 2.51. The molecule has 2 aliphatic rings. The van der Waals surface area contributed by atoms with Crippen LogP contribution in [0.3, 0.4) is 0 Å². The standard InChI is InChI=1S/C16H19N3O3S/c1-9-3-6-23-14(9)11-7-12(11)16(20)19-4-5-21-8-13(19)15-18-17-10(2)22-15/h3,6,11-13H,4-5,7-8H2,1-2H3/t11-,12-,13-/m0/s1. The van der Waals surface area contributed by atoms with Crippen LogP contribution in [0.2, 0.25) is 0 Å². The lowest BCUT2D eigenvalue weighted by molar-refractivity contribution is -0.142. The summed E-state index contributed by atoms with van der Waals surface area (Å²) in [7, 11) is 0. The number of hydrogen-bond donors (Lipinski definition) is 0. The lowest BCUT2D eigenvalue weighted by Gasteiger charge is -2.33. The highest BCUT2D eigenvalue weighted by molar-refractivity contribution is 7.10. The molecule has 1 saturated carbocycles. The second kappa shape index (κ2) is 5.72. The smallest absolute Gasteiger partial charge is 0.241 e. The van der Waals surface area contributed by atoms with Crippen molar-refractivity contribution in [3.63, 3.8) is 0 Å². The van der Waals surface area contributed by atoms with Crippen LogP contribution in [0.5, 0.6) is 0 Å². The topological polar surface area (TPSA) is 68.5 Å². The van der Waals surface area contributed by atoms with Crippen molar-refractivity contribution < 1.29 is 13.9 Å². The molecule has 122 valence electrons. The molecule has 4 rings (SSSR count). The van der Waals surface area contributed by atoms with Crippen LogP contribution < -0.4 is 0 Å². The molecule has 0 bridgehead atoms. The summed E-state index contributed by atoms with van der Waals surface area (Å²) in [5.41, 5.74) is 1.29. The molecule has 1 aliphatic carbocycles. The van der Waals surface area contributed by atoms with Crippen LogP contribution in [0, 0.1) is 19.8 Å². The molecule has 23 heavy (non-hydrogen) atoms. The number of ether oxygens (including phenoxy) is 1. The van der Waals surface area contributed by atoms with E-state index in [1.54, 1.807) is 18.3 Å². The molecule has 3 heterocycles.